The van der Waals surface area contributed by atoms with Gasteiger partial charge in [-0.3, -0.25) is 4.79 Å². The average Bonchev–Trinajstić information content (AvgIpc) is 2.37. The van der Waals surface area contributed by atoms with E-state index in [0.29, 0.717) is 16.9 Å². The van der Waals surface area contributed by atoms with Crippen LogP contribution in [0.1, 0.15) is 42.5 Å². The highest BCUT2D eigenvalue weighted by Gasteiger charge is 2.16. The number of carbonyl (C=O) groups excluding carboxylic acids is 1. The maximum absolute atomic E-state index is 13.6. The van der Waals surface area contributed by atoms with Crippen LogP contribution < -0.4 is 5.32 Å². The number of nitrogens with one attached hydrogen (secondary N) is 1. The molecule has 0 aliphatic heterocycles. The molecular weight excluding hydrogens is 297 g/mol. The van der Waals surface area contributed by atoms with Crippen molar-refractivity contribution >= 4 is 21.8 Å². The lowest BCUT2D eigenvalue weighted by Crippen LogP contribution is -2.30. The fourth-order valence-corrected chi connectivity index (χ4v) is 2.73. The minimum absolute atomic E-state index is 0.119. The van der Waals surface area contributed by atoms with Gasteiger partial charge in [0.2, 0.25) is 0 Å². The predicted octanol–water partition coefficient (Wildman–Crippen LogP) is 3.90. The number of hydrogen-bond acceptors (Lipinski definition) is 1. The van der Waals surface area contributed by atoms with E-state index in [4.69, 9.17) is 0 Å². The second kappa shape index (κ2) is 6.32. The molecule has 1 amide bonds. The van der Waals surface area contributed by atoms with Crippen molar-refractivity contribution in [2.24, 2.45) is 5.92 Å². The molecule has 18 heavy (non-hydrogen) atoms. The third-order valence-electron chi connectivity index (χ3n) is 3.45. The van der Waals surface area contributed by atoms with Gasteiger partial charge in [0.05, 0.1) is 5.56 Å². The minimum Gasteiger partial charge on any atom is -0.352 e. The molecule has 1 aromatic rings. The highest BCUT2D eigenvalue weighted by atomic mass is 79.9. The molecule has 0 bridgehead atoms. The predicted molar refractivity (Wildman–Crippen MR) is 73.0 cm³/mol. The highest BCUT2D eigenvalue weighted by Crippen LogP contribution is 2.23. The molecule has 0 heterocycles. The van der Waals surface area contributed by atoms with Crippen LogP contribution in [-0.2, 0) is 0 Å². The molecule has 4 heteroatoms. The summed E-state index contributed by atoms with van der Waals surface area (Å²) < 4.78 is 14.2. The van der Waals surface area contributed by atoms with E-state index in [1.54, 1.807) is 6.07 Å². The van der Waals surface area contributed by atoms with E-state index in [0.717, 1.165) is 0 Å². The van der Waals surface area contributed by atoms with Crippen molar-refractivity contribution < 1.29 is 9.18 Å². The molecule has 0 radical (unpaired) electrons. The molecule has 2 rings (SSSR count). The Labute approximate surface area is 115 Å². The molecule has 2 nitrogen and oxygen atoms in total. The Bertz CT molecular complexity index is 430. The Hall–Kier alpha value is -0.900. The van der Waals surface area contributed by atoms with Crippen molar-refractivity contribution in [2.45, 2.75) is 32.1 Å². The van der Waals surface area contributed by atoms with Gasteiger partial charge in [0.25, 0.3) is 5.91 Å². The molecule has 0 saturated heterocycles. The number of amides is 1. The van der Waals surface area contributed by atoms with E-state index in [2.05, 4.69) is 21.2 Å². The summed E-state index contributed by atoms with van der Waals surface area (Å²) in [7, 11) is 0. The molecule has 1 saturated carbocycles. The fraction of sp³-hybridized carbons (Fsp3) is 0.500. The molecule has 1 aliphatic carbocycles. The Morgan fingerprint density at radius 3 is 2.72 bits per heavy atom. The van der Waals surface area contributed by atoms with Crippen molar-refractivity contribution in [1.29, 1.82) is 0 Å². The van der Waals surface area contributed by atoms with Gasteiger partial charge in [-0.1, -0.05) is 35.2 Å². The summed E-state index contributed by atoms with van der Waals surface area (Å²) in [5.74, 6) is -0.239. The number of benzene rings is 1. The summed E-state index contributed by atoms with van der Waals surface area (Å²) in [6.07, 6.45) is 6.12. The standard InChI is InChI=1S/C14H17BrFNO/c15-11-6-7-12(13(16)8-11)14(18)17-9-10-4-2-1-3-5-10/h6-8,10H,1-5,9H2,(H,17,18). The van der Waals surface area contributed by atoms with Gasteiger partial charge in [0, 0.05) is 11.0 Å². The number of hydrogen-bond donors (Lipinski definition) is 1. The zero-order chi connectivity index (χ0) is 13.0. The van der Waals surface area contributed by atoms with Gasteiger partial charge in [-0.15, -0.1) is 0 Å². The second-order valence-corrected chi connectivity index (χ2v) is 5.75. The fourth-order valence-electron chi connectivity index (χ4n) is 2.40. The molecule has 1 fully saturated rings. The second-order valence-electron chi connectivity index (χ2n) is 4.84. The highest BCUT2D eigenvalue weighted by molar-refractivity contribution is 9.10. The molecule has 1 aliphatic rings. The quantitative estimate of drug-likeness (QED) is 0.901. The molecular formula is C14H17BrFNO. The average molecular weight is 314 g/mol. The van der Waals surface area contributed by atoms with Gasteiger partial charge in [0.15, 0.2) is 0 Å². The van der Waals surface area contributed by atoms with Crippen molar-refractivity contribution in [3.05, 3.63) is 34.1 Å². The monoisotopic (exact) mass is 313 g/mol. The molecule has 98 valence electrons. The lowest BCUT2D eigenvalue weighted by molar-refractivity contribution is 0.0939. The first kappa shape index (κ1) is 13.5. The first-order valence-electron chi connectivity index (χ1n) is 6.40. The van der Waals surface area contributed by atoms with Crippen LogP contribution in [0, 0.1) is 11.7 Å². The van der Waals surface area contributed by atoms with Crippen LogP contribution in [0.15, 0.2) is 22.7 Å². The van der Waals surface area contributed by atoms with E-state index in [9.17, 15) is 9.18 Å². The van der Waals surface area contributed by atoms with Gasteiger partial charge >= 0.3 is 0 Å². The van der Waals surface area contributed by atoms with Crippen LogP contribution in [0.2, 0.25) is 0 Å². The lowest BCUT2D eigenvalue weighted by Gasteiger charge is -2.21. The van der Waals surface area contributed by atoms with Gasteiger partial charge in [-0.05, 0) is 37.0 Å². The SMILES string of the molecule is O=C(NCC1CCCCC1)c1ccc(Br)cc1F. The molecule has 0 atom stereocenters. The third-order valence-corrected chi connectivity index (χ3v) is 3.95. The zero-order valence-corrected chi connectivity index (χ0v) is 11.8. The summed E-state index contributed by atoms with van der Waals surface area (Å²) in [6.45, 7) is 0.661. The number of rotatable bonds is 3. The Kier molecular flexibility index (Phi) is 4.75. The Morgan fingerprint density at radius 2 is 2.06 bits per heavy atom. The minimum atomic E-state index is -0.481. The van der Waals surface area contributed by atoms with Crippen LogP contribution in [0.25, 0.3) is 0 Å². The summed E-state index contributed by atoms with van der Waals surface area (Å²) in [4.78, 5) is 11.9. The lowest BCUT2D eigenvalue weighted by atomic mass is 9.89. The van der Waals surface area contributed by atoms with Crippen LogP contribution in [0.5, 0.6) is 0 Å². The normalized spacial score (nSPS) is 16.6. The van der Waals surface area contributed by atoms with Crippen molar-refractivity contribution in [1.82, 2.24) is 5.32 Å². The maximum atomic E-state index is 13.6. The van der Waals surface area contributed by atoms with Crippen LogP contribution in [-0.4, -0.2) is 12.5 Å². The van der Waals surface area contributed by atoms with E-state index in [1.807, 2.05) is 0 Å². The summed E-state index contributed by atoms with van der Waals surface area (Å²) in [5.41, 5.74) is 0.119. The third kappa shape index (κ3) is 3.55. The molecule has 0 spiro atoms. The van der Waals surface area contributed by atoms with Crippen LogP contribution >= 0.6 is 15.9 Å². The van der Waals surface area contributed by atoms with Crippen molar-refractivity contribution in [3.63, 3.8) is 0 Å². The molecule has 0 unspecified atom stereocenters. The van der Waals surface area contributed by atoms with E-state index < -0.39 is 5.82 Å². The zero-order valence-electron chi connectivity index (χ0n) is 10.2. The smallest absolute Gasteiger partial charge is 0.254 e. The topological polar surface area (TPSA) is 29.1 Å². The Balaban J connectivity index is 1.90. The van der Waals surface area contributed by atoms with Crippen molar-refractivity contribution in [2.75, 3.05) is 6.54 Å². The van der Waals surface area contributed by atoms with Crippen LogP contribution in [0.4, 0.5) is 4.39 Å². The molecule has 0 aromatic heterocycles. The van der Waals surface area contributed by atoms with Gasteiger partial charge < -0.3 is 5.32 Å². The summed E-state index contributed by atoms with van der Waals surface area (Å²) in [5, 5.41) is 2.83. The van der Waals surface area contributed by atoms with Crippen LogP contribution in [0.3, 0.4) is 0 Å². The maximum Gasteiger partial charge on any atom is 0.254 e. The largest absolute Gasteiger partial charge is 0.352 e. The van der Waals surface area contributed by atoms with Crippen molar-refractivity contribution in [3.8, 4) is 0 Å². The summed E-state index contributed by atoms with van der Waals surface area (Å²) in [6, 6.07) is 4.50. The van der Waals surface area contributed by atoms with E-state index in [1.165, 1.54) is 44.2 Å². The molecule has 1 N–H and O–H groups in total. The molecule has 1 aromatic carbocycles. The van der Waals surface area contributed by atoms with E-state index >= 15 is 0 Å². The van der Waals surface area contributed by atoms with Gasteiger partial charge in [-0.2, -0.15) is 0 Å². The number of carbonyl (C=O) groups is 1. The Morgan fingerprint density at radius 1 is 1.33 bits per heavy atom. The summed E-state index contributed by atoms with van der Waals surface area (Å²) >= 11 is 3.18. The first-order valence-corrected chi connectivity index (χ1v) is 7.19. The van der Waals surface area contributed by atoms with Gasteiger partial charge in [0.1, 0.15) is 5.82 Å². The first-order chi connectivity index (χ1) is 8.66. The van der Waals surface area contributed by atoms with E-state index in [-0.39, 0.29) is 11.5 Å². The number of halogens is 2. The van der Waals surface area contributed by atoms with Gasteiger partial charge in [-0.25, -0.2) is 4.39 Å².